The van der Waals surface area contributed by atoms with Gasteiger partial charge >= 0.3 is 6.09 Å². The molecule has 1 aromatic heterocycles. The number of hydrogen-bond acceptors (Lipinski definition) is 10. The van der Waals surface area contributed by atoms with Gasteiger partial charge in [-0.15, -0.1) is 0 Å². The monoisotopic (exact) mass is 653 g/mol. The van der Waals surface area contributed by atoms with Gasteiger partial charge in [0.1, 0.15) is 12.4 Å². The molecule has 0 radical (unpaired) electrons. The van der Waals surface area contributed by atoms with Crippen LogP contribution in [0, 0.1) is 0 Å². The van der Waals surface area contributed by atoms with E-state index in [0.29, 0.717) is 29.4 Å². The van der Waals surface area contributed by atoms with Crippen molar-refractivity contribution in [1.29, 1.82) is 0 Å². The number of nitrogens with zero attached hydrogens (tertiary/aromatic N) is 1. The molecule has 0 saturated heterocycles. The van der Waals surface area contributed by atoms with E-state index in [4.69, 9.17) is 19.9 Å². The molecule has 0 fully saturated rings. The van der Waals surface area contributed by atoms with Crippen molar-refractivity contribution in [2.24, 2.45) is 0 Å². The van der Waals surface area contributed by atoms with Crippen molar-refractivity contribution in [2.45, 2.75) is 78.2 Å². The van der Waals surface area contributed by atoms with E-state index in [2.05, 4.69) is 31.2 Å². The maximum absolute atomic E-state index is 13.1. The van der Waals surface area contributed by atoms with Crippen molar-refractivity contribution in [3.63, 3.8) is 0 Å². The van der Waals surface area contributed by atoms with E-state index in [-0.39, 0.29) is 61.8 Å². The van der Waals surface area contributed by atoms with E-state index < -0.39 is 17.7 Å². The van der Waals surface area contributed by atoms with Crippen LogP contribution in [0.3, 0.4) is 0 Å². The van der Waals surface area contributed by atoms with Crippen molar-refractivity contribution < 1.29 is 28.6 Å². The van der Waals surface area contributed by atoms with Gasteiger partial charge in [-0.05, 0) is 89.9 Å². The van der Waals surface area contributed by atoms with Gasteiger partial charge in [-0.2, -0.15) is 0 Å². The second-order valence-corrected chi connectivity index (χ2v) is 13.0. The summed E-state index contributed by atoms with van der Waals surface area (Å²) in [5, 5.41) is 12.0. The average Bonchev–Trinajstić information content (AvgIpc) is 2.98. The molecule has 2 aromatic carbocycles. The first-order valence-electron chi connectivity index (χ1n) is 15.5. The summed E-state index contributed by atoms with van der Waals surface area (Å²) in [6.45, 7) is 12.1. The first-order chi connectivity index (χ1) is 22.1. The minimum atomic E-state index is -0.609. The van der Waals surface area contributed by atoms with Crippen molar-refractivity contribution in [3.05, 3.63) is 63.9 Å². The molecular weight excluding hydrogens is 606 g/mol. The van der Waals surface area contributed by atoms with Crippen LogP contribution in [0.1, 0.15) is 70.3 Å². The first kappa shape index (κ1) is 36.8. The number of hydrogen-bond donors (Lipinski definition) is 6. The highest BCUT2D eigenvalue weighted by atomic mass is 16.7. The first-order valence-corrected chi connectivity index (χ1v) is 15.5. The molecule has 3 amide bonds. The Balaban J connectivity index is 1.51. The fraction of sp³-hybridized carbons (Fsp3) is 0.485. The Morgan fingerprint density at radius 3 is 2.34 bits per heavy atom. The number of carbonyl (C=O) groups is 3. The smallest absolute Gasteiger partial charge is 0.407 e. The maximum Gasteiger partial charge on any atom is 0.407 e. The number of amides is 3. The van der Waals surface area contributed by atoms with Crippen LogP contribution in [0.25, 0.3) is 10.9 Å². The van der Waals surface area contributed by atoms with Crippen LogP contribution < -0.4 is 32.6 Å². The van der Waals surface area contributed by atoms with Gasteiger partial charge in [-0.3, -0.25) is 19.4 Å². The summed E-state index contributed by atoms with van der Waals surface area (Å²) in [5.74, 6) is -0.477. The lowest BCUT2D eigenvalue weighted by Gasteiger charge is -2.22. The molecule has 0 aliphatic rings. The number of aromatic amines is 1. The number of fused-ring (bicyclic) bond motifs is 1. The molecule has 0 bridgehead atoms. The van der Waals surface area contributed by atoms with Crippen LogP contribution in [0.15, 0.2) is 47.3 Å². The number of rotatable bonds is 15. The lowest BCUT2D eigenvalue weighted by Crippen LogP contribution is -2.40. The number of ether oxygens (including phenoxy) is 3. The Kier molecular flexibility index (Phi) is 13.1. The molecular formula is C33H47N7O7. The Labute approximate surface area is 274 Å². The molecule has 7 N–H and O–H groups in total. The molecule has 256 valence electrons. The van der Waals surface area contributed by atoms with Gasteiger partial charge in [0.25, 0.3) is 11.5 Å². The van der Waals surface area contributed by atoms with Crippen LogP contribution >= 0.6 is 0 Å². The Morgan fingerprint density at radius 2 is 1.66 bits per heavy atom. The zero-order valence-electron chi connectivity index (χ0n) is 28.0. The highest BCUT2D eigenvalue weighted by Crippen LogP contribution is 2.15. The fourth-order valence-electron chi connectivity index (χ4n) is 4.21. The average molecular weight is 654 g/mol. The number of nitrogen functional groups attached to an aromatic ring is 1. The fourth-order valence-corrected chi connectivity index (χ4v) is 4.21. The van der Waals surface area contributed by atoms with Crippen LogP contribution in [0.4, 0.5) is 16.4 Å². The van der Waals surface area contributed by atoms with E-state index in [1.54, 1.807) is 57.2 Å². The van der Waals surface area contributed by atoms with Gasteiger partial charge in [0.15, 0.2) is 0 Å². The van der Waals surface area contributed by atoms with Crippen molar-refractivity contribution >= 4 is 40.4 Å². The molecule has 0 saturated carbocycles. The number of nitrogens with one attached hydrogen (secondary N) is 5. The summed E-state index contributed by atoms with van der Waals surface area (Å²) >= 11 is 0. The van der Waals surface area contributed by atoms with Crippen LogP contribution in [0.5, 0.6) is 0 Å². The van der Waals surface area contributed by atoms with Gasteiger partial charge in [-0.25, -0.2) is 9.78 Å². The van der Waals surface area contributed by atoms with Crippen LogP contribution in [-0.4, -0.2) is 71.6 Å². The predicted octanol–water partition coefficient (Wildman–Crippen LogP) is 3.43. The summed E-state index contributed by atoms with van der Waals surface area (Å²) < 4.78 is 16.5. The molecule has 47 heavy (non-hydrogen) atoms. The highest BCUT2D eigenvalue weighted by Gasteiger charge is 2.18. The van der Waals surface area contributed by atoms with E-state index in [1.165, 1.54) is 0 Å². The van der Waals surface area contributed by atoms with Gasteiger partial charge < -0.3 is 41.2 Å². The number of carbonyl (C=O) groups excluding carboxylic acids is 3. The van der Waals surface area contributed by atoms with Crippen LogP contribution in [0.2, 0.25) is 0 Å². The SMILES string of the molecule is CC(C)(C)OCOCC(CCC(=O)NCCNC(=O)OC(C)(C)C)NC(=O)c1ccc(NCc2ccc3nc(N)[nH]c(=O)c3c2)cc1. The minimum Gasteiger partial charge on any atom is -0.444 e. The number of benzene rings is 2. The molecule has 0 aliphatic heterocycles. The van der Waals surface area contributed by atoms with Gasteiger partial charge in [-0.1, -0.05) is 6.07 Å². The summed E-state index contributed by atoms with van der Waals surface area (Å²) in [6, 6.07) is 11.9. The Morgan fingerprint density at radius 1 is 0.957 bits per heavy atom. The molecule has 14 heteroatoms. The quantitative estimate of drug-likeness (QED) is 0.104. The largest absolute Gasteiger partial charge is 0.444 e. The van der Waals surface area contributed by atoms with Crippen molar-refractivity contribution in [1.82, 2.24) is 25.9 Å². The van der Waals surface area contributed by atoms with E-state index >= 15 is 0 Å². The molecule has 14 nitrogen and oxygen atoms in total. The van der Waals surface area contributed by atoms with Gasteiger partial charge in [0.2, 0.25) is 11.9 Å². The molecule has 1 atom stereocenters. The zero-order valence-corrected chi connectivity index (χ0v) is 28.0. The third-order valence-electron chi connectivity index (χ3n) is 6.50. The van der Waals surface area contributed by atoms with Gasteiger partial charge in [0, 0.05) is 37.3 Å². The highest BCUT2D eigenvalue weighted by molar-refractivity contribution is 5.94. The molecule has 0 aliphatic carbocycles. The number of H-pyrrole nitrogens is 1. The molecule has 1 heterocycles. The number of nitrogens with two attached hydrogens (primary N) is 1. The molecule has 1 unspecified atom stereocenters. The number of aromatic nitrogens is 2. The lowest BCUT2D eigenvalue weighted by atomic mass is 10.1. The predicted molar refractivity (Wildman–Crippen MR) is 180 cm³/mol. The Bertz CT molecular complexity index is 1560. The summed E-state index contributed by atoms with van der Waals surface area (Å²) in [7, 11) is 0. The standard InChI is InChI=1S/C33H47N7O7/c1-32(2,3)46-20-45-19-24(12-14-27(41)35-15-16-36-31(44)47-33(4,5)6)38-28(42)22-8-10-23(11-9-22)37-18-21-7-13-26-25(17-21)29(43)40-30(34)39-26/h7-11,13,17,24,37H,12,14-16,18-20H2,1-6H3,(H,35,41)(H,36,44)(H,38,42)(H3,34,39,40,43). The summed E-state index contributed by atoms with van der Waals surface area (Å²) in [5.41, 5.74) is 6.92. The molecule has 3 rings (SSSR count). The zero-order chi connectivity index (χ0) is 34.6. The van der Waals surface area contributed by atoms with Crippen molar-refractivity contribution in [3.8, 4) is 0 Å². The van der Waals surface area contributed by atoms with Crippen molar-refractivity contribution in [2.75, 3.05) is 37.5 Å². The second-order valence-electron chi connectivity index (χ2n) is 13.0. The third kappa shape index (κ3) is 13.7. The normalized spacial score (nSPS) is 12.3. The number of alkyl carbamates (subject to hydrolysis) is 1. The molecule has 0 spiro atoms. The van der Waals surface area contributed by atoms with E-state index in [1.807, 2.05) is 26.8 Å². The van der Waals surface area contributed by atoms with E-state index in [0.717, 1.165) is 11.3 Å². The van der Waals surface area contributed by atoms with Crippen LogP contribution in [-0.2, 0) is 25.5 Å². The topological polar surface area (TPSA) is 199 Å². The minimum absolute atomic E-state index is 0.0366. The summed E-state index contributed by atoms with van der Waals surface area (Å²) in [6.07, 6.45) is -0.101. The van der Waals surface area contributed by atoms with E-state index in [9.17, 15) is 19.2 Å². The maximum atomic E-state index is 13.1. The molecule has 3 aromatic rings. The number of anilines is 2. The third-order valence-corrected chi connectivity index (χ3v) is 6.50. The summed E-state index contributed by atoms with van der Waals surface area (Å²) in [4.78, 5) is 56.2. The van der Waals surface area contributed by atoms with Gasteiger partial charge in [0.05, 0.1) is 29.2 Å². The Hall–Kier alpha value is -4.69. The second kappa shape index (κ2) is 16.7. The lowest BCUT2D eigenvalue weighted by molar-refractivity contribution is -0.124.